The molecule has 0 unspecified atom stereocenters. The number of thioether (sulfide) groups is 1. The summed E-state index contributed by atoms with van der Waals surface area (Å²) in [4.78, 5) is 38.3. The lowest BCUT2D eigenvalue weighted by Crippen LogP contribution is -2.33. The third-order valence-corrected chi connectivity index (χ3v) is 5.44. The summed E-state index contributed by atoms with van der Waals surface area (Å²) in [7, 11) is 0. The van der Waals surface area contributed by atoms with E-state index in [-0.39, 0.29) is 33.8 Å². The zero-order chi connectivity index (χ0) is 21.1. The second kappa shape index (κ2) is 8.90. The predicted octanol–water partition coefficient (Wildman–Crippen LogP) is 5.02. The molecule has 150 valence electrons. The Morgan fingerprint density at radius 3 is 2.55 bits per heavy atom. The van der Waals surface area contributed by atoms with Gasteiger partial charge in [-0.25, -0.2) is 0 Å². The predicted molar refractivity (Wildman–Crippen MR) is 113 cm³/mol. The molecule has 2 aromatic carbocycles. The van der Waals surface area contributed by atoms with Crippen LogP contribution in [0.4, 0.5) is 4.79 Å². The number of rotatable bonds is 6. The highest BCUT2D eigenvalue weighted by Gasteiger charge is 2.36. The number of amides is 2. The Morgan fingerprint density at radius 1 is 1.21 bits per heavy atom. The molecule has 2 aromatic rings. The van der Waals surface area contributed by atoms with E-state index in [1.165, 1.54) is 30.3 Å². The van der Waals surface area contributed by atoms with E-state index in [9.17, 15) is 19.5 Å². The smallest absolute Gasteiger partial charge is 0.293 e. The third-order valence-electron chi connectivity index (χ3n) is 3.99. The summed E-state index contributed by atoms with van der Waals surface area (Å²) in [6.07, 6.45) is 1.46. The molecule has 6 nitrogen and oxygen atoms in total. The minimum absolute atomic E-state index is 0.0549. The number of carbonyl (C=O) groups is 3. The van der Waals surface area contributed by atoms with Crippen LogP contribution in [0, 0.1) is 0 Å². The molecule has 0 radical (unpaired) electrons. The standard InChI is InChI=1S/C20H15Cl2NO5S/c1-2-28-16-8-11(7-14(22)18(16)25)9-17-19(26)23(20(27)29-17)10-15(24)12-3-5-13(21)6-4-12/h3-9,25H,2,10H2,1H3/b17-9-. The number of imide groups is 1. The van der Waals surface area contributed by atoms with Gasteiger partial charge >= 0.3 is 0 Å². The first-order valence-electron chi connectivity index (χ1n) is 8.49. The summed E-state index contributed by atoms with van der Waals surface area (Å²) in [6, 6.07) is 9.16. The number of nitrogens with zero attached hydrogens (tertiary/aromatic N) is 1. The molecule has 1 aliphatic heterocycles. The zero-order valence-corrected chi connectivity index (χ0v) is 17.5. The molecule has 0 bridgehead atoms. The fraction of sp³-hybridized carbons (Fsp3) is 0.150. The monoisotopic (exact) mass is 451 g/mol. The number of hydrogen-bond acceptors (Lipinski definition) is 6. The molecule has 29 heavy (non-hydrogen) atoms. The number of benzene rings is 2. The van der Waals surface area contributed by atoms with Crippen LogP contribution in [0.25, 0.3) is 6.08 Å². The van der Waals surface area contributed by atoms with Crippen molar-refractivity contribution in [1.29, 1.82) is 0 Å². The molecule has 0 atom stereocenters. The van der Waals surface area contributed by atoms with E-state index < -0.39 is 11.1 Å². The molecule has 9 heteroatoms. The van der Waals surface area contributed by atoms with Gasteiger partial charge in [-0.15, -0.1) is 0 Å². The van der Waals surface area contributed by atoms with Crippen LogP contribution in [0.2, 0.25) is 10.0 Å². The van der Waals surface area contributed by atoms with Gasteiger partial charge in [0, 0.05) is 10.6 Å². The van der Waals surface area contributed by atoms with Crippen molar-refractivity contribution in [3.05, 3.63) is 62.5 Å². The normalized spacial score (nSPS) is 15.3. The van der Waals surface area contributed by atoms with Crippen molar-refractivity contribution in [3.63, 3.8) is 0 Å². The zero-order valence-electron chi connectivity index (χ0n) is 15.1. The van der Waals surface area contributed by atoms with E-state index in [1.807, 2.05) is 0 Å². The number of aromatic hydroxyl groups is 1. The highest BCUT2D eigenvalue weighted by atomic mass is 35.5. The van der Waals surface area contributed by atoms with Crippen molar-refractivity contribution >= 4 is 58.0 Å². The number of Topliss-reactive ketones (excluding diaryl/α,β-unsaturated/α-hetero) is 1. The topological polar surface area (TPSA) is 83.9 Å². The lowest BCUT2D eigenvalue weighted by molar-refractivity contribution is -0.122. The van der Waals surface area contributed by atoms with Crippen LogP contribution in [0.15, 0.2) is 41.3 Å². The summed E-state index contributed by atoms with van der Waals surface area (Å²) in [5.74, 6) is -0.989. The van der Waals surface area contributed by atoms with Gasteiger partial charge in [-0.2, -0.15) is 0 Å². The first-order chi connectivity index (χ1) is 13.8. The summed E-state index contributed by atoms with van der Waals surface area (Å²) in [5.41, 5.74) is 0.829. The lowest BCUT2D eigenvalue weighted by Gasteiger charge is -2.11. The maximum Gasteiger partial charge on any atom is 0.293 e. The second-order valence-corrected chi connectivity index (χ2v) is 7.82. The largest absolute Gasteiger partial charge is 0.503 e. The van der Waals surface area contributed by atoms with Gasteiger partial charge in [0.2, 0.25) is 0 Å². The van der Waals surface area contributed by atoms with E-state index in [0.717, 1.165) is 16.7 Å². The Hall–Kier alpha value is -2.48. The van der Waals surface area contributed by atoms with Gasteiger partial charge in [0.25, 0.3) is 11.1 Å². The van der Waals surface area contributed by atoms with Gasteiger partial charge in [0.05, 0.1) is 23.1 Å². The number of halogens is 2. The molecule has 1 saturated heterocycles. The minimum Gasteiger partial charge on any atom is -0.503 e. The van der Waals surface area contributed by atoms with Gasteiger partial charge in [0.15, 0.2) is 17.3 Å². The molecular formula is C20H15Cl2NO5S. The van der Waals surface area contributed by atoms with E-state index in [1.54, 1.807) is 19.1 Å². The molecule has 1 heterocycles. The van der Waals surface area contributed by atoms with E-state index in [0.29, 0.717) is 22.8 Å². The summed E-state index contributed by atoms with van der Waals surface area (Å²) in [6.45, 7) is 1.70. The van der Waals surface area contributed by atoms with Crippen LogP contribution in [0.5, 0.6) is 11.5 Å². The number of hydrogen-bond donors (Lipinski definition) is 1. The minimum atomic E-state index is -0.579. The maximum absolute atomic E-state index is 12.6. The molecule has 0 saturated carbocycles. The van der Waals surface area contributed by atoms with Gasteiger partial charge in [-0.05, 0) is 66.7 Å². The van der Waals surface area contributed by atoms with Crippen LogP contribution in [0.1, 0.15) is 22.8 Å². The van der Waals surface area contributed by atoms with Crippen LogP contribution in [0.3, 0.4) is 0 Å². The fourth-order valence-electron chi connectivity index (χ4n) is 2.60. The van der Waals surface area contributed by atoms with Crippen molar-refractivity contribution < 1.29 is 24.2 Å². The van der Waals surface area contributed by atoms with Gasteiger partial charge in [-0.1, -0.05) is 23.2 Å². The number of ether oxygens (including phenoxy) is 1. The van der Waals surface area contributed by atoms with Gasteiger partial charge < -0.3 is 9.84 Å². The highest BCUT2D eigenvalue weighted by molar-refractivity contribution is 8.18. The van der Waals surface area contributed by atoms with Gasteiger partial charge in [0.1, 0.15) is 0 Å². The fourth-order valence-corrected chi connectivity index (χ4v) is 3.78. The molecule has 0 aliphatic carbocycles. The summed E-state index contributed by atoms with van der Waals surface area (Å²) in [5, 5.41) is 9.91. The Bertz CT molecular complexity index is 1020. The average Bonchev–Trinajstić information content (AvgIpc) is 2.93. The molecular weight excluding hydrogens is 437 g/mol. The number of phenols is 1. The van der Waals surface area contributed by atoms with Crippen LogP contribution >= 0.6 is 35.0 Å². The van der Waals surface area contributed by atoms with Crippen LogP contribution in [-0.2, 0) is 4.79 Å². The molecule has 3 rings (SSSR count). The van der Waals surface area contributed by atoms with Crippen LogP contribution in [-0.4, -0.2) is 40.1 Å². The van der Waals surface area contributed by atoms with Crippen molar-refractivity contribution in [3.8, 4) is 11.5 Å². The Labute approximate surface area is 181 Å². The van der Waals surface area contributed by atoms with Crippen molar-refractivity contribution in [1.82, 2.24) is 4.90 Å². The molecule has 1 fully saturated rings. The van der Waals surface area contributed by atoms with E-state index in [2.05, 4.69) is 0 Å². The van der Waals surface area contributed by atoms with Crippen molar-refractivity contribution in [2.24, 2.45) is 0 Å². The van der Waals surface area contributed by atoms with Crippen molar-refractivity contribution in [2.45, 2.75) is 6.92 Å². The SMILES string of the molecule is CCOc1cc(/C=C2\SC(=O)N(CC(=O)c3ccc(Cl)cc3)C2=O)cc(Cl)c1O. The number of ketones is 1. The number of phenolic OH excluding ortho intramolecular Hbond substituents is 1. The summed E-state index contributed by atoms with van der Waals surface area (Å²) >= 11 is 12.5. The van der Waals surface area contributed by atoms with E-state index in [4.69, 9.17) is 27.9 Å². The lowest BCUT2D eigenvalue weighted by atomic mass is 10.1. The Morgan fingerprint density at radius 2 is 1.90 bits per heavy atom. The average molecular weight is 452 g/mol. The Balaban J connectivity index is 1.81. The third kappa shape index (κ3) is 4.75. The maximum atomic E-state index is 12.6. The van der Waals surface area contributed by atoms with E-state index >= 15 is 0 Å². The first kappa shape index (κ1) is 21.2. The molecule has 1 aliphatic rings. The molecule has 2 amide bonds. The number of carbonyl (C=O) groups excluding carboxylic acids is 3. The molecule has 1 N–H and O–H groups in total. The Kier molecular flexibility index (Phi) is 6.52. The molecule has 0 spiro atoms. The summed E-state index contributed by atoms with van der Waals surface area (Å²) < 4.78 is 5.31. The highest BCUT2D eigenvalue weighted by Crippen LogP contribution is 2.38. The quantitative estimate of drug-likeness (QED) is 0.490. The second-order valence-electron chi connectivity index (χ2n) is 5.98. The van der Waals surface area contributed by atoms with Gasteiger partial charge in [-0.3, -0.25) is 19.3 Å². The first-order valence-corrected chi connectivity index (χ1v) is 10.1. The molecule has 0 aromatic heterocycles. The van der Waals surface area contributed by atoms with Crippen molar-refractivity contribution in [2.75, 3.05) is 13.2 Å². The van der Waals surface area contributed by atoms with Crippen LogP contribution < -0.4 is 4.74 Å².